The summed E-state index contributed by atoms with van der Waals surface area (Å²) in [6.45, 7) is 0. The number of benzene rings is 1. The van der Waals surface area contributed by atoms with Gasteiger partial charge < -0.3 is 5.73 Å². The Kier molecular flexibility index (Phi) is 1.48. The highest BCUT2D eigenvalue weighted by Gasteiger charge is 2.17. The third-order valence-corrected chi connectivity index (χ3v) is 3.59. The summed E-state index contributed by atoms with van der Waals surface area (Å²) in [4.78, 5) is 1.25. The van der Waals surface area contributed by atoms with Crippen molar-refractivity contribution in [3.05, 3.63) is 40.8 Å². The van der Waals surface area contributed by atoms with E-state index in [0.717, 1.165) is 5.69 Å². The Balaban J connectivity index is 2.49. The van der Waals surface area contributed by atoms with Gasteiger partial charge in [0.15, 0.2) is 0 Å². The zero-order valence-electron chi connectivity index (χ0n) is 7.45. The number of anilines is 1. The van der Waals surface area contributed by atoms with Gasteiger partial charge in [0.1, 0.15) is 22.6 Å². The number of hydrogen-bond acceptors (Lipinski definition) is 2. The summed E-state index contributed by atoms with van der Waals surface area (Å²) < 4.78 is 1.18. The van der Waals surface area contributed by atoms with E-state index in [1.807, 2.05) is 24.3 Å². The largest absolute Gasteiger partial charge is 0.398 e. The number of hydrogen-bond donors (Lipinski definition) is 1. The Bertz CT molecular complexity index is 561. The fraction of sp³-hybridized carbons (Fsp3) is 0. The molecule has 0 spiro atoms. The van der Waals surface area contributed by atoms with Crippen molar-refractivity contribution in [1.82, 2.24) is 0 Å². The minimum absolute atomic E-state index is 0.865. The highest BCUT2D eigenvalue weighted by Crippen LogP contribution is 2.37. The molecular formula is C12H8NS+. The van der Waals surface area contributed by atoms with Gasteiger partial charge in [-0.25, -0.2) is 0 Å². The van der Waals surface area contributed by atoms with Gasteiger partial charge in [0.05, 0.1) is 16.5 Å². The van der Waals surface area contributed by atoms with E-state index in [9.17, 15) is 0 Å². The molecule has 0 aliphatic heterocycles. The highest BCUT2D eigenvalue weighted by molar-refractivity contribution is 7.20. The second-order valence-corrected chi connectivity index (χ2v) is 4.30. The van der Waals surface area contributed by atoms with Crippen molar-refractivity contribution < 1.29 is 0 Å². The average Bonchev–Trinajstić information content (AvgIpc) is 2.59. The number of nitrogens with two attached hydrogens (primary N) is 1. The molecule has 3 rings (SSSR count). The molecule has 0 fully saturated rings. The van der Waals surface area contributed by atoms with Crippen LogP contribution in [0.4, 0.5) is 5.69 Å². The number of fused-ring (bicyclic) bond motifs is 3. The highest BCUT2D eigenvalue weighted by atomic mass is 32.1. The number of rotatable bonds is 0. The molecule has 66 valence electrons. The van der Waals surface area contributed by atoms with Gasteiger partial charge in [-0.05, 0) is 6.07 Å². The lowest BCUT2D eigenvalue weighted by Gasteiger charge is -1.92. The second-order valence-electron chi connectivity index (χ2n) is 3.25. The van der Waals surface area contributed by atoms with Crippen LogP contribution in [0.3, 0.4) is 0 Å². The predicted molar refractivity (Wildman–Crippen MR) is 63.0 cm³/mol. The fourth-order valence-corrected chi connectivity index (χ4v) is 2.82. The minimum Gasteiger partial charge on any atom is -0.398 e. The number of nitrogen functional groups attached to an aromatic ring is 1. The molecule has 1 aliphatic rings. The molecule has 1 heterocycles. The van der Waals surface area contributed by atoms with Gasteiger partial charge >= 0.3 is 0 Å². The van der Waals surface area contributed by atoms with E-state index in [-0.39, 0.29) is 0 Å². The van der Waals surface area contributed by atoms with Gasteiger partial charge in [0.25, 0.3) is 0 Å². The molecule has 2 heteroatoms. The fourth-order valence-electron chi connectivity index (χ4n) is 1.71. The van der Waals surface area contributed by atoms with Gasteiger partial charge in [0.2, 0.25) is 0 Å². The summed E-state index contributed by atoms with van der Waals surface area (Å²) in [6, 6.07) is 6.06. The van der Waals surface area contributed by atoms with Crippen LogP contribution in [0.2, 0.25) is 0 Å². The van der Waals surface area contributed by atoms with Crippen LogP contribution in [0.25, 0.3) is 22.2 Å². The van der Waals surface area contributed by atoms with Crippen LogP contribution < -0.4 is 5.73 Å². The quantitative estimate of drug-likeness (QED) is 0.510. The first-order valence-electron chi connectivity index (χ1n) is 4.43. The van der Waals surface area contributed by atoms with Crippen LogP contribution in [0, 0.1) is 6.08 Å². The van der Waals surface area contributed by atoms with Gasteiger partial charge in [0, 0.05) is 11.5 Å². The molecule has 0 saturated carbocycles. The molecule has 0 saturated heterocycles. The normalized spacial score (nSPS) is 12.9. The second kappa shape index (κ2) is 2.68. The first-order chi connectivity index (χ1) is 6.86. The third-order valence-electron chi connectivity index (χ3n) is 2.37. The van der Waals surface area contributed by atoms with Crippen LogP contribution in [-0.4, -0.2) is 0 Å². The molecule has 1 aromatic heterocycles. The maximum absolute atomic E-state index is 5.92. The van der Waals surface area contributed by atoms with Gasteiger partial charge in [-0.15, -0.1) is 0 Å². The molecule has 2 aromatic rings. The van der Waals surface area contributed by atoms with Crippen LogP contribution in [0.1, 0.15) is 10.4 Å². The molecule has 1 aromatic carbocycles. The van der Waals surface area contributed by atoms with E-state index in [1.54, 1.807) is 11.3 Å². The van der Waals surface area contributed by atoms with Crippen molar-refractivity contribution >= 4 is 39.3 Å². The zero-order valence-corrected chi connectivity index (χ0v) is 8.27. The zero-order chi connectivity index (χ0) is 9.54. The smallest absolute Gasteiger partial charge is 0.148 e. The summed E-state index contributed by atoms with van der Waals surface area (Å²) >= 11 is 1.73. The molecule has 1 aliphatic carbocycles. The van der Waals surface area contributed by atoms with Crippen molar-refractivity contribution in [2.24, 2.45) is 0 Å². The number of thiophene rings is 1. The SMILES string of the molecule is Nc1cccc2c3c(sc12)C=[C+]C=C3. The van der Waals surface area contributed by atoms with Crippen LogP contribution in [0.5, 0.6) is 0 Å². The first kappa shape index (κ1) is 7.74. The maximum Gasteiger partial charge on any atom is 0.148 e. The van der Waals surface area contributed by atoms with Gasteiger partial charge in [-0.3, -0.25) is 0 Å². The molecule has 14 heavy (non-hydrogen) atoms. The molecule has 0 radical (unpaired) electrons. The third kappa shape index (κ3) is 0.925. The topological polar surface area (TPSA) is 26.0 Å². The van der Waals surface area contributed by atoms with Crippen molar-refractivity contribution in [2.45, 2.75) is 0 Å². The molecule has 1 nitrogen and oxygen atoms in total. The number of allylic oxidation sites excluding steroid dienone is 2. The summed E-state index contributed by atoms with van der Waals surface area (Å²) in [5.41, 5.74) is 8.06. The molecule has 0 bridgehead atoms. The minimum atomic E-state index is 0.865. The monoisotopic (exact) mass is 198 g/mol. The Morgan fingerprint density at radius 3 is 3.14 bits per heavy atom. The van der Waals surface area contributed by atoms with Gasteiger partial charge in [-0.1, -0.05) is 23.5 Å². The summed E-state index contributed by atoms with van der Waals surface area (Å²) in [5, 5.41) is 1.25. The lowest BCUT2D eigenvalue weighted by atomic mass is 10.1. The lowest BCUT2D eigenvalue weighted by molar-refractivity contribution is 1.76. The van der Waals surface area contributed by atoms with Crippen molar-refractivity contribution in [2.75, 3.05) is 5.73 Å². The summed E-state index contributed by atoms with van der Waals surface area (Å²) in [6.07, 6.45) is 9.13. The van der Waals surface area contributed by atoms with E-state index in [1.165, 1.54) is 20.5 Å². The van der Waals surface area contributed by atoms with E-state index >= 15 is 0 Å². The van der Waals surface area contributed by atoms with E-state index in [0.29, 0.717) is 0 Å². The van der Waals surface area contributed by atoms with E-state index < -0.39 is 0 Å². The van der Waals surface area contributed by atoms with E-state index in [4.69, 9.17) is 5.73 Å². The predicted octanol–water partition coefficient (Wildman–Crippen LogP) is 3.33. The average molecular weight is 198 g/mol. The maximum atomic E-state index is 5.92. The first-order valence-corrected chi connectivity index (χ1v) is 5.25. The molecule has 0 atom stereocenters. The summed E-state index contributed by atoms with van der Waals surface area (Å²) in [7, 11) is 0. The molecule has 2 N–H and O–H groups in total. The summed E-state index contributed by atoms with van der Waals surface area (Å²) in [5.74, 6) is 0. The van der Waals surface area contributed by atoms with Crippen LogP contribution >= 0.6 is 11.3 Å². The van der Waals surface area contributed by atoms with Crippen molar-refractivity contribution in [3.63, 3.8) is 0 Å². The molecule has 0 amide bonds. The lowest BCUT2D eigenvalue weighted by Crippen LogP contribution is -1.83. The standard InChI is InChI=1S/C12H8NS/c13-10-6-3-5-9-8-4-1-2-7-11(8)14-12(9)10/h1,3-7H,13H2/q+1. The van der Waals surface area contributed by atoms with Crippen LogP contribution in [0.15, 0.2) is 24.3 Å². The molecule has 0 unspecified atom stereocenters. The van der Waals surface area contributed by atoms with Gasteiger partial charge in [-0.2, -0.15) is 0 Å². The van der Waals surface area contributed by atoms with Crippen molar-refractivity contribution in [3.8, 4) is 0 Å². The Morgan fingerprint density at radius 1 is 1.29 bits per heavy atom. The Morgan fingerprint density at radius 2 is 2.21 bits per heavy atom. The Labute approximate surface area is 86.2 Å². The van der Waals surface area contributed by atoms with Crippen molar-refractivity contribution in [1.29, 1.82) is 0 Å². The molecular weight excluding hydrogens is 190 g/mol. The van der Waals surface area contributed by atoms with Crippen LogP contribution in [-0.2, 0) is 0 Å². The Hall–Kier alpha value is -1.63. The van der Waals surface area contributed by atoms with E-state index in [2.05, 4.69) is 18.2 Å².